The fourth-order valence-electron chi connectivity index (χ4n) is 1.58. The van der Waals surface area contributed by atoms with Gasteiger partial charge in [-0.15, -0.1) is 11.3 Å². The predicted octanol–water partition coefficient (Wildman–Crippen LogP) is 0.224. The number of rotatable bonds is 3. The first kappa shape index (κ1) is 11.6. The zero-order chi connectivity index (χ0) is 13.6. The Hall–Kier alpha value is -2.48. The molecule has 0 radical (unpaired) electrons. The van der Waals surface area contributed by atoms with Crippen LogP contribution in [0.2, 0.25) is 0 Å². The summed E-state index contributed by atoms with van der Waals surface area (Å²) in [6, 6.07) is 1.72. The van der Waals surface area contributed by atoms with Crippen molar-refractivity contribution in [2.24, 2.45) is 5.73 Å². The molecule has 0 aliphatic heterocycles. The average molecular weight is 276 g/mol. The number of primary amides is 1. The van der Waals surface area contributed by atoms with E-state index in [-0.39, 0.29) is 11.6 Å². The number of aromatic nitrogens is 2. The molecule has 0 saturated heterocycles. The van der Waals surface area contributed by atoms with Crippen LogP contribution in [0, 0.1) is 0 Å². The van der Waals surface area contributed by atoms with Gasteiger partial charge in [0, 0.05) is 0 Å². The number of hydrogen-bond donors (Lipinski definition) is 2. The van der Waals surface area contributed by atoms with Crippen molar-refractivity contribution in [1.29, 1.82) is 0 Å². The van der Waals surface area contributed by atoms with E-state index in [9.17, 15) is 9.59 Å². The summed E-state index contributed by atoms with van der Waals surface area (Å²) < 4.78 is 5.62. The number of esters is 1. The van der Waals surface area contributed by atoms with E-state index >= 15 is 0 Å². The number of fused-ring (bicyclic) bond motifs is 1. The number of hydrogen-bond acceptors (Lipinski definition) is 7. The minimum atomic E-state index is -1.42. The number of carbonyl (C=O) groups excluding carboxylic acids is 2. The molecule has 7 nitrogen and oxygen atoms in total. The number of thiophene rings is 1. The van der Waals surface area contributed by atoms with E-state index in [1.165, 1.54) is 23.5 Å². The van der Waals surface area contributed by atoms with Crippen LogP contribution in [0.15, 0.2) is 23.6 Å². The summed E-state index contributed by atoms with van der Waals surface area (Å²) in [6.07, 6.45) is 2.81. The Balaban J connectivity index is 1.98. The van der Waals surface area contributed by atoms with Crippen molar-refractivity contribution >= 4 is 39.4 Å². The molecule has 2 aromatic heterocycles. The van der Waals surface area contributed by atoms with Crippen LogP contribution in [0.3, 0.4) is 0 Å². The van der Waals surface area contributed by atoms with Gasteiger partial charge < -0.3 is 16.2 Å². The SMILES string of the molecule is NC(=O)C1(OC(=O)c2nc(N)nc3ccsc23)C=C1. The summed E-state index contributed by atoms with van der Waals surface area (Å²) in [7, 11) is 0. The molecule has 1 amide bonds. The molecule has 19 heavy (non-hydrogen) atoms. The Kier molecular flexibility index (Phi) is 2.29. The number of nitrogens with zero attached hydrogens (tertiary/aromatic N) is 2. The Bertz CT molecular complexity index is 731. The van der Waals surface area contributed by atoms with Crippen molar-refractivity contribution in [3.8, 4) is 0 Å². The van der Waals surface area contributed by atoms with Crippen LogP contribution in [0.1, 0.15) is 10.5 Å². The number of amides is 1. The Labute approximate surface area is 110 Å². The van der Waals surface area contributed by atoms with Crippen LogP contribution in [-0.4, -0.2) is 27.4 Å². The van der Waals surface area contributed by atoms with Gasteiger partial charge >= 0.3 is 5.97 Å². The van der Waals surface area contributed by atoms with Gasteiger partial charge in [0.05, 0.1) is 10.2 Å². The van der Waals surface area contributed by atoms with Gasteiger partial charge in [-0.1, -0.05) is 0 Å². The van der Waals surface area contributed by atoms with E-state index in [0.29, 0.717) is 10.2 Å². The number of carbonyl (C=O) groups is 2. The molecule has 0 saturated carbocycles. The fraction of sp³-hybridized carbons (Fsp3) is 0.0909. The Morgan fingerprint density at radius 1 is 1.32 bits per heavy atom. The monoisotopic (exact) mass is 276 g/mol. The molecule has 2 heterocycles. The van der Waals surface area contributed by atoms with Crippen molar-refractivity contribution in [2.45, 2.75) is 5.60 Å². The van der Waals surface area contributed by atoms with E-state index in [2.05, 4.69) is 9.97 Å². The largest absolute Gasteiger partial charge is 0.435 e. The topological polar surface area (TPSA) is 121 Å². The third-order valence-electron chi connectivity index (χ3n) is 2.63. The molecule has 3 rings (SSSR count). The molecule has 1 aliphatic rings. The third-order valence-corrected chi connectivity index (χ3v) is 3.54. The number of ether oxygens (including phenoxy) is 1. The lowest BCUT2D eigenvalue weighted by Crippen LogP contribution is -2.37. The maximum absolute atomic E-state index is 12.1. The standard InChI is InChI=1S/C11H8N4O3S/c12-9(17)11(2-3-11)18-8(16)6-7-5(1-4-19-7)14-10(13)15-6/h1-4H,(H2,12,17)(H2,13,14,15). The number of anilines is 1. The average Bonchev–Trinajstić information content (AvgIpc) is 2.98. The summed E-state index contributed by atoms with van der Waals surface area (Å²) in [6.45, 7) is 0. The second kappa shape index (κ2) is 3.75. The zero-order valence-electron chi connectivity index (χ0n) is 9.49. The van der Waals surface area contributed by atoms with E-state index in [4.69, 9.17) is 16.2 Å². The van der Waals surface area contributed by atoms with Crippen LogP contribution >= 0.6 is 11.3 Å². The van der Waals surface area contributed by atoms with Gasteiger partial charge in [-0.2, -0.15) is 0 Å². The molecule has 4 N–H and O–H groups in total. The van der Waals surface area contributed by atoms with Crippen LogP contribution in [0.25, 0.3) is 10.2 Å². The number of nitrogen functional groups attached to an aromatic ring is 1. The van der Waals surface area contributed by atoms with Gasteiger partial charge in [0.25, 0.3) is 5.91 Å². The lowest BCUT2D eigenvalue weighted by molar-refractivity contribution is -0.127. The first-order valence-corrected chi connectivity index (χ1v) is 6.14. The first-order valence-electron chi connectivity index (χ1n) is 5.26. The maximum Gasteiger partial charge on any atom is 0.360 e. The van der Waals surface area contributed by atoms with Crippen LogP contribution in [-0.2, 0) is 9.53 Å². The quantitative estimate of drug-likeness (QED) is 0.611. The van der Waals surface area contributed by atoms with Crippen molar-refractivity contribution in [3.05, 3.63) is 29.3 Å². The number of nitrogens with two attached hydrogens (primary N) is 2. The maximum atomic E-state index is 12.1. The van der Waals surface area contributed by atoms with Crippen LogP contribution in [0.4, 0.5) is 5.95 Å². The molecule has 0 unspecified atom stereocenters. The van der Waals surface area contributed by atoms with Crippen molar-refractivity contribution in [1.82, 2.24) is 9.97 Å². The second-order valence-corrected chi connectivity index (χ2v) is 4.86. The second-order valence-electron chi connectivity index (χ2n) is 3.95. The molecule has 8 heteroatoms. The molecule has 0 fully saturated rings. The highest BCUT2D eigenvalue weighted by Gasteiger charge is 2.45. The van der Waals surface area contributed by atoms with E-state index in [1.807, 2.05) is 0 Å². The van der Waals surface area contributed by atoms with Gasteiger partial charge in [-0.25, -0.2) is 14.8 Å². The summed E-state index contributed by atoms with van der Waals surface area (Å²) in [5, 5.41) is 1.76. The lowest BCUT2D eigenvalue weighted by atomic mass is 10.2. The van der Waals surface area contributed by atoms with E-state index in [1.54, 1.807) is 11.4 Å². The minimum absolute atomic E-state index is 0.0327. The smallest absolute Gasteiger partial charge is 0.360 e. The Morgan fingerprint density at radius 2 is 2.05 bits per heavy atom. The molecule has 96 valence electrons. The summed E-state index contributed by atoms with van der Waals surface area (Å²) in [5.74, 6) is -1.54. The zero-order valence-corrected chi connectivity index (χ0v) is 10.3. The van der Waals surface area contributed by atoms with Crippen molar-refractivity contribution in [2.75, 3.05) is 5.73 Å². The Morgan fingerprint density at radius 3 is 2.68 bits per heavy atom. The van der Waals surface area contributed by atoms with Crippen LogP contribution < -0.4 is 11.5 Å². The molecule has 1 aliphatic carbocycles. The third kappa shape index (κ3) is 1.82. The summed E-state index contributed by atoms with van der Waals surface area (Å²) >= 11 is 1.29. The van der Waals surface area contributed by atoms with Crippen LogP contribution in [0.5, 0.6) is 0 Å². The molecule has 2 aromatic rings. The van der Waals surface area contributed by atoms with Crippen molar-refractivity contribution in [3.63, 3.8) is 0 Å². The molecular weight excluding hydrogens is 268 g/mol. The molecule has 0 spiro atoms. The molecule has 0 aromatic carbocycles. The first-order chi connectivity index (χ1) is 9.02. The van der Waals surface area contributed by atoms with Gasteiger partial charge in [0.2, 0.25) is 11.5 Å². The highest BCUT2D eigenvalue weighted by atomic mass is 32.1. The predicted molar refractivity (Wildman–Crippen MR) is 68.3 cm³/mol. The molecule has 0 bridgehead atoms. The van der Waals surface area contributed by atoms with Gasteiger partial charge in [-0.05, 0) is 23.6 Å². The normalized spacial score (nSPS) is 15.4. The van der Waals surface area contributed by atoms with Crippen molar-refractivity contribution < 1.29 is 14.3 Å². The highest BCUT2D eigenvalue weighted by molar-refractivity contribution is 7.17. The van der Waals surface area contributed by atoms with Gasteiger partial charge in [-0.3, -0.25) is 4.79 Å². The summed E-state index contributed by atoms with van der Waals surface area (Å²) in [5.41, 5.74) is 9.85. The van der Waals surface area contributed by atoms with E-state index < -0.39 is 17.5 Å². The fourth-order valence-corrected chi connectivity index (χ4v) is 2.39. The molecular formula is C11H8N4O3S. The van der Waals surface area contributed by atoms with Gasteiger partial charge in [0.1, 0.15) is 0 Å². The minimum Gasteiger partial charge on any atom is -0.435 e. The van der Waals surface area contributed by atoms with E-state index in [0.717, 1.165) is 0 Å². The summed E-state index contributed by atoms with van der Waals surface area (Å²) in [4.78, 5) is 31.1. The highest BCUT2D eigenvalue weighted by Crippen LogP contribution is 2.31. The molecule has 0 atom stereocenters. The lowest BCUT2D eigenvalue weighted by Gasteiger charge is -2.13. The van der Waals surface area contributed by atoms with Gasteiger partial charge in [0.15, 0.2) is 5.69 Å².